The zero-order valence-corrected chi connectivity index (χ0v) is 32.7. The molecule has 2 aromatic carbocycles. The van der Waals surface area contributed by atoms with E-state index in [0.29, 0.717) is 5.56 Å². The van der Waals surface area contributed by atoms with E-state index < -0.39 is 83.9 Å². The number of fused-ring (bicyclic) bond motifs is 4. The number of aliphatic hydroxyl groups excluding tert-OH is 1. The van der Waals surface area contributed by atoms with Crippen LogP contribution >= 0.6 is 0 Å². The summed E-state index contributed by atoms with van der Waals surface area (Å²) in [6, 6.07) is 13.4. The van der Waals surface area contributed by atoms with Crippen molar-refractivity contribution in [3.63, 3.8) is 0 Å². The highest BCUT2D eigenvalue weighted by molar-refractivity contribution is 5.96. The molecule has 3 saturated heterocycles. The van der Waals surface area contributed by atoms with E-state index in [4.69, 9.17) is 23.8 Å². The van der Waals surface area contributed by atoms with Crippen LogP contribution in [0, 0.1) is 5.41 Å². The van der Waals surface area contributed by atoms with Crippen LogP contribution in [0.5, 0.6) is 0 Å². The normalized spacial score (nSPS) is 26.6. The number of hydrogen-bond acceptors (Lipinski definition) is 12. The monoisotopic (exact) mass is 776 g/mol. The molecule has 0 aromatic heterocycles. The van der Waals surface area contributed by atoms with Crippen molar-refractivity contribution < 1.29 is 52.9 Å². The molecule has 3 heterocycles. The number of carbonyl (C=O) groups excluding carboxylic acids is 5. The largest absolute Gasteiger partial charge is 0.460 e. The first kappa shape index (κ1) is 41.0. The van der Waals surface area contributed by atoms with Crippen LogP contribution in [0.3, 0.4) is 0 Å². The van der Waals surface area contributed by atoms with E-state index in [1.807, 2.05) is 54.6 Å². The van der Waals surface area contributed by atoms with Crippen LogP contribution in [-0.4, -0.2) is 132 Å². The van der Waals surface area contributed by atoms with E-state index >= 15 is 4.79 Å². The Labute approximate surface area is 326 Å². The van der Waals surface area contributed by atoms with Crippen LogP contribution < -0.4 is 5.32 Å². The summed E-state index contributed by atoms with van der Waals surface area (Å²) in [6.45, 7) is 4.80. The number of benzene rings is 2. The molecular weight excluding hydrogens is 724 g/mol. The Balaban J connectivity index is 1.32. The highest BCUT2D eigenvalue weighted by Crippen LogP contribution is 2.56. The number of hydroxylamine groups is 2. The minimum atomic E-state index is -1.54. The van der Waals surface area contributed by atoms with E-state index in [9.17, 15) is 24.3 Å². The van der Waals surface area contributed by atoms with Crippen LogP contribution in [-0.2, 0) is 60.7 Å². The molecule has 3 amide bonds. The van der Waals surface area contributed by atoms with Crippen LogP contribution in [0.1, 0.15) is 56.7 Å². The maximum Gasteiger partial charge on any atom is 0.327 e. The van der Waals surface area contributed by atoms with Gasteiger partial charge in [-0.25, -0.2) is 0 Å². The number of esters is 2. The molecule has 0 spiro atoms. The van der Waals surface area contributed by atoms with Crippen molar-refractivity contribution in [2.24, 2.45) is 5.41 Å². The Morgan fingerprint density at radius 1 is 1.04 bits per heavy atom. The molecule has 2 aromatic rings. The van der Waals surface area contributed by atoms with Gasteiger partial charge in [0.1, 0.15) is 48.3 Å². The Morgan fingerprint density at radius 2 is 1.73 bits per heavy atom. The van der Waals surface area contributed by atoms with Crippen molar-refractivity contribution in [1.82, 2.24) is 20.2 Å². The topological polar surface area (TPSA) is 173 Å². The van der Waals surface area contributed by atoms with E-state index in [0.717, 1.165) is 11.1 Å². The van der Waals surface area contributed by atoms with Gasteiger partial charge in [0.25, 0.3) is 0 Å². The molecule has 302 valence electrons. The number of nitrogens with one attached hydrogen (secondary N) is 1. The molecule has 4 fully saturated rings. The maximum absolute atomic E-state index is 15.3. The van der Waals surface area contributed by atoms with Gasteiger partial charge in [0, 0.05) is 46.5 Å². The lowest BCUT2D eigenvalue weighted by Crippen LogP contribution is -2.70. The molecular formula is C41H52N4O11. The van der Waals surface area contributed by atoms with Gasteiger partial charge >= 0.3 is 11.9 Å². The van der Waals surface area contributed by atoms with Gasteiger partial charge in [0.2, 0.25) is 17.7 Å². The first-order chi connectivity index (χ1) is 26.6. The smallest absolute Gasteiger partial charge is 0.327 e. The van der Waals surface area contributed by atoms with Gasteiger partial charge in [0.05, 0.1) is 19.2 Å². The zero-order chi connectivity index (χ0) is 40.4. The summed E-state index contributed by atoms with van der Waals surface area (Å²) in [5, 5.41) is 14.6. The maximum atomic E-state index is 15.3. The second-order valence-corrected chi connectivity index (χ2v) is 16.0. The molecule has 15 heteroatoms. The summed E-state index contributed by atoms with van der Waals surface area (Å²) in [4.78, 5) is 78.0. The summed E-state index contributed by atoms with van der Waals surface area (Å²) in [5.74, 6) is -2.40. The molecule has 4 aliphatic rings. The molecule has 6 rings (SSSR count). The third-order valence-corrected chi connectivity index (χ3v) is 10.7. The van der Waals surface area contributed by atoms with Crippen LogP contribution in [0.4, 0.5) is 0 Å². The first-order valence-electron chi connectivity index (χ1n) is 18.9. The third kappa shape index (κ3) is 8.51. The Kier molecular flexibility index (Phi) is 12.3. The Bertz CT molecular complexity index is 1810. The van der Waals surface area contributed by atoms with Crippen LogP contribution in [0.25, 0.3) is 6.08 Å². The Morgan fingerprint density at radius 3 is 2.43 bits per heavy atom. The van der Waals surface area contributed by atoms with E-state index in [1.165, 1.54) is 28.0 Å². The summed E-state index contributed by atoms with van der Waals surface area (Å²) >= 11 is 0. The minimum Gasteiger partial charge on any atom is -0.460 e. The third-order valence-electron chi connectivity index (χ3n) is 10.7. The second-order valence-electron chi connectivity index (χ2n) is 16.0. The number of carbonyl (C=O) groups is 5. The van der Waals surface area contributed by atoms with Gasteiger partial charge < -0.3 is 39.2 Å². The molecule has 1 aliphatic carbocycles. The lowest BCUT2D eigenvalue weighted by molar-refractivity contribution is -0.204. The average molecular weight is 777 g/mol. The summed E-state index contributed by atoms with van der Waals surface area (Å²) in [7, 11) is 4.83. The highest BCUT2D eigenvalue weighted by Gasteiger charge is 2.75. The summed E-state index contributed by atoms with van der Waals surface area (Å²) < 4.78 is 23.3. The SMILES string of the molecule is CN(C)C(=O)C=Cc1ccccc1CN1O[C@@H]2[C@H]3OCO[C@H]3[C@@H]3C[C@]2(C(=O)N(C)[C@H](Cc2ccccc2)C(=O)N[C@H](CO)CCC(=O)OC(C)(C)C)[C@@H]1C(=O)O3. The number of aliphatic hydroxyl groups is 1. The van der Waals surface area contributed by atoms with E-state index in [1.54, 1.807) is 40.9 Å². The summed E-state index contributed by atoms with van der Waals surface area (Å²) in [5.41, 5.74) is -0.0261. The predicted molar refractivity (Wildman–Crippen MR) is 201 cm³/mol. The standard InChI is InChI=1S/C41H52N4O11/c1-40(2,3)55-32(48)19-17-28(23-46)42-37(49)29(20-25-12-8-7-9-13-25)44(6)39(51)41-21-30-33-34(53-24-52-33)36(41)56-45(35(41)38(50)54-30)22-27-15-11-10-14-26(27)16-18-31(47)43(4)5/h7-16,18,28-30,33-36,46H,17,19-24H2,1-6H3,(H,42,49)/t28-,29+,30-,33-,34-,35-,36+,41-/m0/s1. The second kappa shape index (κ2) is 16.8. The van der Waals surface area contributed by atoms with Crippen molar-refractivity contribution >= 4 is 35.7 Å². The van der Waals surface area contributed by atoms with Crippen molar-refractivity contribution in [3.05, 3.63) is 77.4 Å². The molecule has 56 heavy (non-hydrogen) atoms. The molecule has 0 radical (unpaired) electrons. The predicted octanol–water partition coefficient (Wildman–Crippen LogP) is 2.00. The number of nitrogens with zero attached hydrogens (tertiary/aromatic N) is 3. The number of ether oxygens (including phenoxy) is 4. The van der Waals surface area contributed by atoms with Crippen molar-refractivity contribution in [1.29, 1.82) is 0 Å². The van der Waals surface area contributed by atoms with Gasteiger partial charge in [-0.2, -0.15) is 5.06 Å². The molecule has 15 nitrogen and oxygen atoms in total. The molecule has 3 aliphatic heterocycles. The van der Waals surface area contributed by atoms with Crippen LogP contribution in [0.15, 0.2) is 60.7 Å². The number of rotatable bonds is 14. The van der Waals surface area contributed by atoms with Crippen molar-refractivity contribution in [3.8, 4) is 0 Å². The molecule has 2 bridgehead atoms. The van der Waals surface area contributed by atoms with Gasteiger partial charge in [0.15, 0.2) is 6.04 Å². The highest BCUT2D eigenvalue weighted by atomic mass is 16.8. The molecule has 2 N–H and O–H groups in total. The fourth-order valence-corrected chi connectivity index (χ4v) is 8.04. The zero-order valence-electron chi connectivity index (χ0n) is 32.7. The average Bonchev–Trinajstić information content (AvgIpc) is 3.79. The van der Waals surface area contributed by atoms with Crippen LogP contribution in [0.2, 0.25) is 0 Å². The fourth-order valence-electron chi connectivity index (χ4n) is 8.04. The molecule has 8 atom stereocenters. The number of hydrogen-bond donors (Lipinski definition) is 2. The summed E-state index contributed by atoms with van der Waals surface area (Å²) in [6.07, 6.45) is 0.182. The van der Waals surface area contributed by atoms with Crippen molar-refractivity contribution in [2.75, 3.05) is 34.5 Å². The number of likely N-dealkylation sites (N-methyl/N-ethyl adjacent to an activating group) is 2. The van der Waals surface area contributed by atoms with Crippen molar-refractivity contribution in [2.45, 2.75) is 101 Å². The lowest BCUT2D eigenvalue weighted by Gasteiger charge is -2.50. The molecule has 1 saturated carbocycles. The van der Waals surface area contributed by atoms with Gasteiger partial charge in [-0.1, -0.05) is 54.6 Å². The molecule has 0 unspecified atom stereocenters. The van der Waals surface area contributed by atoms with E-state index in [2.05, 4.69) is 5.32 Å². The fraction of sp³-hybridized carbons (Fsp3) is 0.537. The van der Waals surface area contributed by atoms with Gasteiger partial charge in [-0.3, -0.25) is 28.8 Å². The number of amides is 3. The van der Waals surface area contributed by atoms with Gasteiger partial charge in [-0.05, 0) is 50.0 Å². The first-order valence-corrected chi connectivity index (χ1v) is 18.9. The lowest BCUT2D eigenvalue weighted by atomic mass is 9.62. The Hall–Kier alpha value is -4.67. The minimum absolute atomic E-state index is 0.0421. The van der Waals surface area contributed by atoms with E-state index in [-0.39, 0.29) is 44.9 Å². The quantitative estimate of drug-likeness (QED) is 0.212. The van der Waals surface area contributed by atoms with Gasteiger partial charge in [-0.15, -0.1) is 0 Å².